The molecular weight excluding hydrogens is 476 g/mol. The molecule has 0 saturated heterocycles. The second kappa shape index (κ2) is 12.0. The minimum absolute atomic E-state index is 0.0708. The van der Waals surface area contributed by atoms with Crippen LogP contribution in [0.3, 0.4) is 0 Å². The maximum Gasteiger partial charge on any atom is 0.151 e. The van der Waals surface area contributed by atoms with Crippen molar-refractivity contribution in [3.8, 4) is 0 Å². The Morgan fingerprint density at radius 1 is 0.579 bits per heavy atom. The first-order valence-corrected chi connectivity index (χ1v) is 12.4. The summed E-state index contributed by atoms with van der Waals surface area (Å²) >= 11 is 0. The van der Waals surface area contributed by atoms with Crippen LogP contribution in [-0.4, -0.2) is 5.71 Å². The van der Waals surface area contributed by atoms with Crippen molar-refractivity contribution >= 4 is 17.1 Å². The van der Waals surface area contributed by atoms with Gasteiger partial charge < -0.3 is 4.90 Å². The number of halogens is 2. The van der Waals surface area contributed by atoms with Gasteiger partial charge in [-0.25, -0.2) is 8.78 Å². The van der Waals surface area contributed by atoms with Gasteiger partial charge in [-0.1, -0.05) is 121 Å². The van der Waals surface area contributed by atoms with Gasteiger partial charge in [0.1, 0.15) is 5.69 Å². The smallest absolute Gasteiger partial charge is 0.151 e. The van der Waals surface area contributed by atoms with Crippen molar-refractivity contribution in [2.75, 3.05) is 10.3 Å². The molecule has 0 spiro atoms. The third-order valence-corrected chi connectivity index (χ3v) is 6.16. The first-order chi connectivity index (χ1) is 18.7. The molecule has 5 rings (SSSR count). The fourth-order valence-corrected chi connectivity index (χ4v) is 4.36. The number of nitrogens with one attached hydrogen (secondary N) is 1. The van der Waals surface area contributed by atoms with Gasteiger partial charge in [0, 0.05) is 36.3 Å². The van der Waals surface area contributed by atoms with E-state index in [-0.39, 0.29) is 11.4 Å². The molecule has 0 aliphatic rings. The quantitative estimate of drug-likeness (QED) is 0.163. The minimum Gasteiger partial charge on any atom is -0.358 e. The molecule has 5 aromatic rings. The van der Waals surface area contributed by atoms with Crippen LogP contribution in [0.1, 0.15) is 22.3 Å². The molecule has 188 valence electrons. The summed E-state index contributed by atoms with van der Waals surface area (Å²) in [7, 11) is 0. The van der Waals surface area contributed by atoms with E-state index in [1.54, 1.807) is 4.90 Å². The summed E-state index contributed by atoms with van der Waals surface area (Å²) in [6.45, 7) is 0.724. The average molecular weight is 504 g/mol. The van der Waals surface area contributed by atoms with Gasteiger partial charge in [-0.15, -0.1) is 0 Å². The van der Waals surface area contributed by atoms with Crippen molar-refractivity contribution < 1.29 is 8.78 Å². The first-order valence-electron chi connectivity index (χ1n) is 12.4. The van der Waals surface area contributed by atoms with Gasteiger partial charge in [-0.05, 0) is 11.1 Å². The summed E-state index contributed by atoms with van der Waals surface area (Å²) in [6, 6.07) is 41.3. The molecule has 0 aromatic heterocycles. The van der Waals surface area contributed by atoms with E-state index in [2.05, 4.69) is 10.5 Å². The monoisotopic (exact) mass is 503 g/mol. The van der Waals surface area contributed by atoms with Crippen LogP contribution in [0.2, 0.25) is 0 Å². The van der Waals surface area contributed by atoms with Crippen molar-refractivity contribution in [3.05, 3.63) is 167 Å². The van der Waals surface area contributed by atoms with E-state index >= 15 is 8.78 Å². The zero-order valence-electron chi connectivity index (χ0n) is 20.8. The van der Waals surface area contributed by atoms with E-state index in [9.17, 15) is 0 Å². The third kappa shape index (κ3) is 6.13. The van der Waals surface area contributed by atoms with E-state index in [4.69, 9.17) is 0 Å². The fourth-order valence-electron chi connectivity index (χ4n) is 4.36. The molecule has 1 N–H and O–H groups in total. The highest BCUT2D eigenvalue weighted by molar-refractivity contribution is 6.13. The molecule has 3 nitrogen and oxygen atoms in total. The Hall–Kier alpha value is -4.77. The Kier molecular flexibility index (Phi) is 7.85. The number of benzene rings is 5. The Bertz CT molecular complexity index is 1380. The molecule has 0 fully saturated rings. The van der Waals surface area contributed by atoms with Crippen molar-refractivity contribution in [1.29, 1.82) is 0 Å². The highest BCUT2D eigenvalue weighted by atomic mass is 19.1. The number of hydrogen-bond acceptors (Lipinski definition) is 3. The summed E-state index contributed by atoms with van der Waals surface area (Å²) in [5.74, 6) is -1.31. The summed E-state index contributed by atoms with van der Waals surface area (Å²) in [5.41, 5.74) is 7.41. The fraction of sp³-hybridized carbons (Fsp3) is 0.0606. The van der Waals surface area contributed by atoms with Gasteiger partial charge in [0.2, 0.25) is 0 Å². The summed E-state index contributed by atoms with van der Waals surface area (Å²) in [4.78, 5) is 1.72. The number of hydrogen-bond donors (Lipinski definition) is 1. The zero-order valence-corrected chi connectivity index (χ0v) is 20.8. The van der Waals surface area contributed by atoms with E-state index < -0.39 is 11.6 Å². The molecule has 0 unspecified atom stereocenters. The number of anilines is 2. The number of nitrogens with zero attached hydrogens (tertiary/aromatic N) is 2. The lowest BCUT2D eigenvalue weighted by Crippen LogP contribution is -2.24. The number of hydrazone groups is 1. The molecule has 38 heavy (non-hydrogen) atoms. The SMILES string of the molecule is Fc1cc(NN=C(c2ccccc2)c2ccccc2)cc(F)c1N(Cc1ccccc1)Cc1ccccc1. The van der Waals surface area contributed by atoms with Crippen LogP contribution in [0.15, 0.2) is 139 Å². The first kappa shape index (κ1) is 24.9. The van der Waals surface area contributed by atoms with E-state index in [1.807, 2.05) is 121 Å². The van der Waals surface area contributed by atoms with Crippen molar-refractivity contribution in [3.63, 3.8) is 0 Å². The predicted octanol–water partition coefficient (Wildman–Crippen LogP) is 8.04. The lowest BCUT2D eigenvalue weighted by molar-refractivity contribution is 0.569. The van der Waals surface area contributed by atoms with Crippen LogP contribution in [0.5, 0.6) is 0 Å². The molecule has 0 radical (unpaired) electrons. The van der Waals surface area contributed by atoms with Crippen molar-refractivity contribution in [2.24, 2.45) is 5.10 Å². The second-order valence-corrected chi connectivity index (χ2v) is 8.92. The van der Waals surface area contributed by atoms with Gasteiger partial charge in [0.15, 0.2) is 11.6 Å². The lowest BCUT2D eigenvalue weighted by Gasteiger charge is -2.26. The Balaban J connectivity index is 1.47. The summed E-state index contributed by atoms with van der Waals surface area (Å²) in [5, 5.41) is 4.55. The molecule has 0 amide bonds. The van der Waals surface area contributed by atoms with Crippen LogP contribution in [0.25, 0.3) is 0 Å². The van der Waals surface area contributed by atoms with Gasteiger partial charge in [0.25, 0.3) is 0 Å². The number of rotatable bonds is 9. The molecule has 0 atom stereocenters. The Morgan fingerprint density at radius 2 is 0.974 bits per heavy atom. The minimum atomic E-state index is -0.657. The molecular formula is C33H27F2N3. The zero-order chi connectivity index (χ0) is 26.2. The van der Waals surface area contributed by atoms with Crippen molar-refractivity contribution in [1.82, 2.24) is 0 Å². The maximum absolute atomic E-state index is 15.6. The molecule has 5 aromatic carbocycles. The van der Waals surface area contributed by atoms with Crippen LogP contribution in [0, 0.1) is 11.6 Å². The van der Waals surface area contributed by atoms with Crippen LogP contribution in [-0.2, 0) is 13.1 Å². The van der Waals surface area contributed by atoms with Gasteiger partial charge in [-0.2, -0.15) is 5.10 Å². The summed E-state index contributed by atoms with van der Waals surface area (Å²) in [6.07, 6.45) is 0. The van der Waals surface area contributed by atoms with E-state index in [0.717, 1.165) is 22.3 Å². The van der Waals surface area contributed by atoms with Gasteiger partial charge >= 0.3 is 0 Å². The third-order valence-electron chi connectivity index (χ3n) is 6.16. The predicted molar refractivity (Wildman–Crippen MR) is 151 cm³/mol. The molecule has 0 saturated carbocycles. The van der Waals surface area contributed by atoms with Crippen LogP contribution < -0.4 is 10.3 Å². The van der Waals surface area contributed by atoms with Gasteiger partial charge in [-0.3, -0.25) is 5.43 Å². The molecule has 0 aliphatic carbocycles. The second-order valence-electron chi connectivity index (χ2n) is 8.92. The molecule has 0 heterocycles. The highest BCUT2D eigenvalue weighted by Crippen LogP contribution is 2.30. The lowest BCUT2D eigenvalue weighted by atomic mass is 10.0. The standard InChI is InChI=1S/C33H27F2N3/c34-30-21-29(36-37-32(27-17-9-3-10-18-27)28-19-11-4-12-20-28)22-31(35)33(30)38(23-25-13-5-1-6-14-25)24-26-15-7-2-8-16-26/h1-22,36H,23-24H2. The van der Waals surface area contributed by atoms with E-state index in [1.165, 1.54) is 12.1 Å². The molecule has 5 heteroatoms. The van der Waals surface area contributed by atoms with Crippen molar-refractivity contribution in [2.45, 2.75) is 13.1 Å². The summed E-state index contributed by atoms with van der Waals surface area (Å²) < 4.78 is 31.1. The largest absolute Gasteiger partial charge is 0.358 e. The molecule has 0 bridgehead atoms. The Morgan fingerprint density at radius 3 is 1.39 bits per heavy atom. The highest BCUT2D eigenvalue weighted by Gasteiger charge is 2.19. The molecule has 0 aliphatic heterocycles. The van der Waals surface area contributed by atoms with E-state index in [0.29, 0.717) is 18.8 Å². The Labute approximate surface area is 221 Å². The van der Waals surface area contributed by atoms with Crippen LogP contribution >= 0.6 is 0 Å². The van der Waals surface area contributed by atoms with Gasteiger partial charge in [0.05, 0.1) is 11.4 Å². The topological polar surface area (TPSA) is 27.6 Å². The maximum atomic E-state index is 15.6. The average Bonchev–Trinajstić information content (AvgIpc) is 2.95. The van der Waals surface area contributed by atoms with Crippen LogP contribution in [0.4, 0.5) is 20.2 Å². The normalized spacial score (nSPS) is 10.6.